The van der Waals surface area contributed by atoms with Gasteiger partial charge in [0, 0.05) is 12.3 Å². The number of benzene rings is 1. The third kappa shape index (κ3) is 1.79. The van der Waals surface area contributed by atoms with Crippen molar-refractivity contribution in [2.24, 2.45) is 0 Å². The SMILES string of the molecule is COc1ccc(-n2ccc(N)n2)cc1C. The minimum atomic E-state index is 0.517. The van der Waals surface area contributed by atoms with Gasteiger partial charge in [-0.2, -0.15) is 5.10 Å². The molecule has 2 rings (SSSR count). The molecule has 78 valence electrons. The van der Waals surface area contributed by atoms with Gasteiger partial charge >= 0.3 is 0 Å². The van der Waals surface area contributed by atoms with Gasteiger partial charge in [-0.3, -0.25) is 0 Å². The Bertz CT molecular complexity index is 476. The molecule has 1 heterocycles. The molecule has 0 amide bonds. The molecule has 2 N–H and O–H groups in total. The number of rotatable bonds is 2. The lowest BCUT2D eigenvalue weighted by molar-refractivity contribution is 0.411. The number of hydrogen-bond donors (Lipinski definition) is 1. The molecule has 1 aromatic carbocycles. The summed E-state index contributed by atoms with van der Waals surface area (Å²) in [7, 11) is 1.66. The quantitative estimate of drug-likeness (QED) is 0.809. The highest BCUT2D eigenvalue weighted by molar-refractivity contribution is 5.44. The van der Waals surface area contributed by atoms with E-state index in [0.717, 1.165) is 17.0 Å². The number of ether oxygens (including phenoxy) is 1. The lowest BCUT2D eigenvalue weighted by Crippen LogP contribution is -1.97. The third-order valence-corrected chi connectivity index (χ3v) is 2.25. The van der Waals surface area contributed by atoms with E-state index in [1.54, 1.807) is 17.9 Å². The molecule has 0 aliphatic rings. The molecule has 0 bridgehead atoms. The predicted octanol–water partition coefficient (Wildman–Crippen LogP) is 1.77. The van der Waals surface area contributed by atoms with E-state index in [4.69, 9.17) is 10.5 Å². The van der Waals surface area contributed by atoms with Crippen molar-refractivity contribution in [3.05, 3.63) is 36.0 Å². The maximum absolute atomic E-state index is 5.55. The molecule has 0 fully saturated rings. The van der Waals surface area contributed by atoms with Crippen molar-refractivity contribution in [2.45, 2.75) is 6.92 Å². The van der Waals surface area contributed by atoms with E-state index in [1.165, 1.54) is 0 Å². The molecule has 0 atom stereocenters. The molecule has 4 nitrogen and oxygen atoms in total. The standard InChI is InChI=1S/C11H13N3O/c1-8-7-9(3-4-10(8)15-2)14-6-5-11(12)13-14/h3-7H,1-2H3,(H2,12,13). The Morgan fingerprint density at radius 2 is 2.13 bits per heavy atom. The van der Waals surface area contributed by atoms with E-state index in [1.807, 2.05) is 31.3 Å². The first kappa shape index (κ1) is 9.58. The van der Waals surface area contributed by atoms with Crippen LogP contribution in [0.5, 0.6) is 5.75 Å². The highest BCUT2D eigenvalue weighted by Crippen LogP contribution is 2.20. The first-order chi connectivity index (χ1) is 7.20. The zero-order chi connectivity index (χ0) is 10.8. The number of nitrogen functional groups attached to an aromatic ring is 1. The number of aryl methyl sites for hydroxylation is 1. The smallest absolute Gasteiger partial charge is 0.145 e. The minimum Gasteiger partial charge on any atom is -0.496 e. The number of aromatic nitrogens is 2. The molecule has 0 aliphatic heterocycles. The second-order valence-electron chi connectivity index (χ2n) is 3.34. The van der Waals surface area contributed by atoms with Crippen molar-refractivity contribution >= 4 is 5.82 Å². The zero-order valence-electron chi connectivity index (χ0n) is 8.77. The molecule has 15 heavy (non-hydrogen) atoms. The lowest BCUT2D eigenvalue weighted by Gasteiger charge is -2.07. The van der Waals surface area contributed by atoms with Gasteiger partial charge in [0.25, 0.3) is 0 Å². The summed E-state index contributed by atoms with van der Waals surface area (Å²) >= 11 is 0. The summed E-state index contributed by atoms with van der Waals surface area (Å²) in [5, 5.41) is 4.13. The molecule has 0 radical (unpaired) electrons. The molecule has 0 aliphatic carbocycles. The van der Waals surface area contributed by atoms with Gasteiger partial charge in [0.2, 0.25) is 0 Å². The summed E-state index contributed by atoms with van der Waals surface area (Å²) in [5.41, 5.74) is 7.60. The van der Waals surface area contributed by atoms with Crippen molar-refractivity contribution in [1.29, 1.82) is 0 Å². The van der Waals surface area contributed by atoms with E-state index in [-0.39, 0.29) is 0 Å². The third-order valence-electron chi connectivity index (χ3n) is 2.25. The maximum atomic E-state index is 5.55. The van der Waals surface area contributed by atoms with Crippen molar-refractivity contribution in [1.82, 2.24) is 9.78 Å². The zero-order valence-corrected chi connectivity index (χ0v) is 8.77. The van der Waals surface area contributed by atoms with Crippen LogP contribution in [0.3, 0.4) is 0 Å². The number of nitrogens with two attached hydrogens (primary N) is 1. The summed E-state index contributed by atoms with van der Waals surface area (Å²) in [6.45, 7) is 2.00. The Hall–Kier alpha value is -1.97. The van der Waals surface area contributed by atoms with Crippen LogP contribution in [0, 0.1) is 6.92 Å². The summed E-state index contributed by atoms with van der Waals surface area (Å²) < 4.78 is 6.92. The Labute approximate surface area is 88.3 Å². The van der Waals surface area contributed by atoms with Gasteiger partial charge in [-0.1, -0.05) is 0 Å². The first-order valence-corrected chi connectivity index (χ1v) is 4.67. The Morgan fingerprint density at radius 3 is 2.67 bits per heavy atom. The molecule has 0 spiro atoms. The summed E-state index contributed by atoms with van der Waals surface area (Å²) in [6.07, 6.45) is 1.83. The van der Waals surface area contributed by atoms with Gasteiger partial charge in [-0.25, -0.2) is 4.68 Å². The molecular weight excluding hydrogens is 190 g/mol. The van der Waals surface area contributed by atoms with Crippen molar-refractivity contribution < 1.29 is 4.74 Å². The second kappa shape index (κ2) is 3.65. The Kier molecular flexibility index (Phi) is 2.33. The van der Waals surface area contributed by atoms with Gasteiger partial charge in [0.15, 0.2) is 0 Å². The number of anilines is 1. The normalized spacial score (nSPS) is 10.3. The molecule has 0 saturated heterocycles. The molecule has 0 unspecified atom stereocenters. The van der Waals surface area contributed by atoms with E-state index in [9.17, 15) is 0 Å². The van der Waals surface area contributed by atoms with Crippen LogP contribution in [0.15, 0.2) is 30.5 Å². The molecular formula is C11H13N3O. The van der Waals surface area contributed by atoms with Crippen LogP contribution >= 0.6 is 0 Å². The number of methoxy groups -OCH3 is 1. The second-order valence-corrected chi connectivity index (χ2v) is 3.34. The van der Waals surface area contributed by atoms with Crippen molar-refractivity contribution in [2.75, 3.05) is 12.8 Å². The maximum Gasteiger partial charge on any atom is 0.145 e. The Morgan fingerprint density at radius 1 is 1.33 bits per heavy atom. The molecule has 2 aromatic rings. The summed E-state index contributed by atoms with van der Waals surface area (Å²) in [6, 6.07) is 7.63. The predicted molar refractivity (Wildman–Crippen MR) is 59.3 cm³/mol. The van der Waals surface area contributed by atoms with Crippen LogP contribution in [0.1, 0.15) is 5.56 Å². The van der Waals surface area contributed by atoms with Crippen molar-refractivity contribution in [3.8, 4) is 11.4 Å². The van der Waals surface area contributed by atoms with Crippen LogP contribution < -0.4 is 10.5 Å². The molecule has 4 heteroatoms. The minimum absolute atomic E-state index is 0.517. The average molecular weight is 203 g/mol. The number of nitrogens with zero attached hydrogens (tertiary/aromatic N) is 2. The topological polar surface area (TPSA) is 53.1 Å². The number of hydrogen-bond acceptors (Lipinski definition) is 3. The highest BCUT2D eigenvalue weighted by Gasteiger charge is 2.02. The fourth-order valence-electron chi connectivity index (χ4n) is 1.49. The fraction of sp³-hybridized carbons (Fsp3) is 0.182. The van der Waals surface area contributed by atoms with Crippen LogP contribution in [0.4, 0.5) is 5.82 Å². The average Bonchev–Trinajstić information content (AvgIpc) is 2.65. The van der Waals surface area contributed by atoms with Crippen LogP contribution in [0.25, 0.3) is 5.69 Å². The van der Waals surface area contributed by atoms with E-state index >= 15 is 0 Å². The summed E-state index contributed by atoms with van der Waals surface area (Å²) in [4.78, 5) is 0. The van der Waals surface area contributed by atoms with Gasteiger partial charge in [0.1, 0.15) is 11.6 Å². The van der Waals surface area contributed by atoms with E-state index in [0.29, 0.717) is 5.82 Å². The van der Waals surface area contributed by atoms with Crippen LogP contribution in [-0.4, -0.2) is 16.9 Å². The molecule has 0 saturated carbocycles. The highest BCUT2D eigenvalue weighted by atomic mass is 16.5. The molecule has 1 aromatic heterocycles. The van der Waals surface area contributed by atoms with E-state index < -0.39 is 0 Å². The largest absolute Gasteiger partial charge is 0.496 e. The van der Waals surface area contributed by atoms with Crippen LogP contribution in [-0.2, 0) is 0 Å². The lowest BCUT2D eigenvalue weighted by atomic mass is 10.2. The monoisotopic (exact) mass is 203 g/mol. The Balaban J connectivity index is 2.42. The van der Waals surface area contributed by atoms with Gasteiger partial charge in [-0.05, 0) is 30.7 Å². The fourth-order valence-corrected chi connectivity index (χ4v) is 1.49. The summed E-state index contributed by atoms with van der Waals surface area (Å²) in [5.74, 6) is 1.39. The van der Waals surface area contributed by atoms with E-state index in [2.05, 4.69) is 5.10 Å². The first-order valence-electron chi connectivity index (χ1n) is 4.67. The van der Waals surface area contributed by atoms with Crippen LogP contribution in [0.2, 0.25) is 0 Å². The van der Waals surface area contributed by atoms with Gasteiger partial charge in [-0.15, -0.1) is 0 Å². The van der Waals surface area contributed by atoms with Gasteiger partial charge < -0.3 is 10.5 Å². The van der Waals surface area contributed by atoms with Gasteiger partial charge in [0.05, 0.1) is 12.8 Å². The van der Waals surface area contributed by atoms with Crippen molar-refractivity contribution in [3.63, 3.8) is 0 Å².